The minimum Gasteiger partial charge on any atom is -0.464 e. The summed E-state index contributed by atoms with van der Waals surface area (Å²) in [7, 11) is 1.21. The molecule has 0 aliphatic carbocycles. The molecule has 0 fully saturated rings. The first-order valence-electron chi connectivity index (χ1n) is 7.25. The van der Waals surface area contributed by atoms with E-state index < -0.39 is 17.7 Å². The van der Waals surface area contributed by atoms with Crippen molar-refractivity contribution in [3.63, 3.8) is 0 Å². The minimum absolute atomic E-state index is 0.000577. The lowest BCUT2D eigenvalue weighted by atomic mass is 10.2. The summed E-state index contributed by atoms with van der Waals surface area (Å²) < 4.78 is 19.1. The Bertz CT molecular complexity index is 1020. The number of nitrogens with one attached hydrogen (secondary N) is 1. The fourth-order valence-electron chi connectivity index (χ4n) is 2.22. The summed E-state index contributed by atoms with van der Waals surface area (Å²) in [4.78, 5) is 28.4. The molecule has 7 nitrogen and oxygen atoms in total. The number of hydrogen-bond acceptors (Lipinski definition) is 5. The first kappa shape index (κ1) is 18.1. The maximum Gasteiger partial charge on any atom is 0.356 e. The molecule has 0 saturated heterocycles. The molecular weight excluding hydrogens is 386 g/mol. The predicted octanol–water partition coefficient (Wildman–Crippen LogP) is 2.89. The molecule has 0 unspecified atom stereocenters. The van der Waals surface area contributed by atoms with Crippen molar-refractivity contribution in [1.82, 2.24) is 19.9 Å². The van der Waals surface area contributed by atoms with E-state index >= 15 is 0 Å². The van der Waals surface area contributed by atoms with Gasteiger partial charge in [0.15, 0.2) is 11.3 Å². The van der Waals surface area contributed by atoms with Crippen LogP contribution in [0.5, 0.6) is 0 Å². The van der Waals surface area contributed by atoms with Crippen LogP contribution in [0, 0.1) is 5.82 Å². The predicted molar refractivity (Wildman–Crippen MR) is 91.9 cm³/mol. The van der Waals surface area contributed by atoms with Crippen LogP contribution in [0.25, 0.3) is 5.65 Å². The Kier molecular flexibility index (Phi) is 5.06. The van der Waals surface area contributed by atoms with Gasteiger partial charge in [0.2, 0.25) is 0 Å². The highest BCUT2D eigenvalue weighted by molar-refractivity contribution is 6.33. The van der Waals surface area contributed by atoms with Gasteiger partial charge in [0.25, 0.3) is 5.91 Å². The lowest BCUT2D eigenvalue weighted by Gasteiger charge is -2.08. The molecule has 0 spiro atoms. The first-order chi connectivity index (χ1) is 12.4. The third-order valence-corrected chi connectivity index (χ3v) is 4.05. The zero-order valence-electron chi connectivity index (χ0n) is 13.3. The number of amides is 1. The molecule has 10 heteroatoms. The van der Waals surface area contributed by atoms with Crippen LogP contribution in [0.1, 0.15) is 26.5 Å². The Morgan fingerprint density at radius 2 is 2.04 bits per heavy atom. The van der Waals surface area contributed by atoms with E-state index in [1.165, 1.54) is 42.1 Å². The molecule has 0 radical (unpaired) electrons. The molecule has 1 aromatic carbocycles. The second-order valence-electron chi connectivity index (χ2n) is 5.18. The van der Waals surface area contributed by atoms with E-state index in [1.54, 1.807) is 0 Å². The monoisotopic (exact) mass is 396 g/mol. The first-order valence-corrected chi connectivity index (χ1v) is 8.01. The molecule has 0 aliphatic heterocycles. The second-order valence-corrected chi connectivity index (χ2v) is 5.99. The van der Waals surface area contributed by atoms with Crippen molar-refractivity contribution in [1.29, 1.82) is 0 Å². The van der Waals surface area contributed by atoms with Gasteiger partial charge >= 0.3 is 5.97 Å². The molecule has 2 aromatic heterocycles. The van der Waals surface area contributed by atoms with Gasteiger partial charge in [-0.2, -0.15) is 5.10 Å². The van der Waals surface area contributed by atoms with Crippen LogP contribution >= 0.6 is 23.2 Å². The second kappa shape index (κ2) is 7.27. The Hall–Kier alpha value is -2.71. The number of hydrogen-bond donors (Lipinski definition) is 1. The van der Waals surface area contributed by atoms with E-state index in [1.807, 2.05) is 0 Å². The van der Waals surface area contributed by atoms with Gasteiger partial charge in [-0.1, -0.05) is 29.3 Å². The van der Waals surface area contributed by atoms with E-state index in [0.29, 0.717) is 5.56 Å². The van der Waals surface area contributed by atoms with Gasteiger partial charge in [-0.25, -0.2) is 18.7 Å². The van der Waals surface area contributed by atoms with Crippen LogP contribution in [0.4, 0.5) is 4.39 Å². The summed E-state index contributed by atoms with van der Waals surface area (Å²) in [6.07, 6.45) is 1.30. The maximum atomic E-state index is 13.2. The molecule has 134 valence electrons. The number of nitrogens with zero attached hydrogens (tertiary/aromatic N) is 3. The summed E-state index contributed by atoms with van der Waals surface area (Å²) in [6.45, 7) is 0.0895. The summed E-state index contributed by atoms with van der Waals surface area (Å²) in [6, 6.07) is 5.35. The van der Waals surface area contributed by atoms with Crippen molar-refractivity contribution >= 4 is 40.7 Å². The van der Waals surface area contributed by atoms with Crippen LogP contribution in [0.2, 0.25) is 10.0 Å². The van der Waals surface area contributed by atoms with Crippen LogP contribution in [-0.2, 0) is 11.3 Å². The van der Waals surface area contributed by atoms with E-state index in [0.717, 1.165) is 0 Å². The molecule has 26 heavy (non-hydrogen) atoms. The lowest BCUT2D eigenvalue weighted by molar-refractivity contribution is 0.0590. The van der Waals surface area contributed by atoms with Crippen LogP contribution < -0.4 is 5.32 Å². The van der Waals surface area contributed by atoms with E-state index in [2.05, 4.69) is 20.1 Å². The van der Waals surface area contributed by atoms with Gasteiger partial charge in [0, 0.05) is 12.6 Å². The molecule has 0 atom stereocenters. The highest BCUT2D eigenvalue weighted by Gasteiger charge is 2.19. The Morgan fingerprint density at radius 1 is 1.27 bits per heavy atom. The fourth-order valence-corrected chi connectivity index (χ4v) is 2.59. The number of halogens is 3. The third kappa shape index (κ3) is 3.47. The Morgan fingerprint density at radius 3 is 2.73 bits per heavy atom. The van der Waals surface area contributed by atoms with Gasteiger partial charge in [0.05, 0.1) is 18.3 Å². The van der Waals surface area contributed by atoms with Crippen molar-refractivity contribution in [2.24, 2.45) is 0 Å². The number of rotatable bonds is 4. The Labute approximate surface area is 156 Å². The minimum atomic E-state index is -0.698. The lowest BCUT2D eigenvalue weighted by Crippen LogP contribution is -2.25. The number of methoxy groups -OCH3 is 1. The van der Waals surface area contributed by atoms with Gasteiger partial charge in [0.1, 0.15) is 16.5 Å². The summed E-state index contributed by atoms with van der Waals surface area (Å²) in [5.74, 6) is -1.81. The normalized spacial score (nSPS) is 10.8. The summed E-state index contributed by atoms with van der Waals surface area (Å²) in [5, 5.41) is 6.68. The van der Waals surface area contributed by atoms with Crippen LogP contribution in [0.15, 0.2) is 30.5 Å². The molecule has 1 N–H and O–H groups in total. The van der Waals surface area contributed by atoms with Crippen molar-refractivity contribution in [2.45, 2.75) is 6.54 Å². The van der Waals surface area contributed by atoms with Crippen molar-refractivity contribution in [3.8, 4) is 0 Å². The van der Waals surface area contributed by atoms with Gasteiger partial charge < -0.3 is 10.1 Å². The summed E-state index contributed by atoms with van der Waals surface area (Å²) in [5.41, 5.74) is 0.693. The molecule has 0 aliphatic rings. The number of fused-ring (bicyclic) bond motifs is 1. The maximum absolute atomic E-state index is 13.2. The topological polar surface area (TPSA) is 85.6 Å². The highest BCUT2D eigenvalue weighted by atomic mass is 35.5. The number of benzene rings is 1. The molecule has 0 bridgehead atoms. The van der Waals surface area contributed by atoms with Crippen molar-refractivity contribution < 1.29 is 18.7 Å². The largest absolute Gasteiger partial charge is 0.464 e. The molecular formula is C16H11Cl2FN4O3. The average molecular weight is 397 g/mol. The SMILES string of the molecule is COC(=O)c1cc(C(=O)NCc2ccc(F)c(Cl)c2)nc2c(Cl)cnn12. The number of esters is 1. The van der Waals surface area contributed by atoms with E-state index in [9.17, 15) is 14.0 Å². The quantitative estimate of drug-likeness (QED) is 0.685. The molecule has 0 saturated carbocycles. The Balaban J connectivity index is 1.88. The molecule has 3 rings (SSSR count). The highest BCUT2D eigenvalue weighted by Crippen LogP contribution is 2.18. The summed E-state index contributed by atoms with van der Waals surface area (Å²) >= 11 is 11.7. The van der Waals surface area contributed by atoms with Gasteiger partial charge in [-0.05, 0) is 17.7 Å². The van der Waals surface area contributed by atoms with E-state index in [4.69, 9.17) is 23.2 Å². The molecule has 2 heterocycles. The van der Waals surface area contributed by atoms with Crippen molar-refractivity contribution in [2.75, 3.05) is 7.11 Å². The van der Waals surface area contributed by atoms with Crippen molar-refractivity contribution in [3.05, 3.63) is 63.3 Å². The third-order valence-electron chi connectivity index (χ3n) is 3.49. The van der Waals surface area contributed by atoms with Gasteiger partial charge in [-0.3, -0.25) is 4.79 Å². The number of aromatic nitrogens is 3. The number of carbonyl (C=O) groups excluding carboxylic acids is 2. The fraction of sp³-hybridized carbons (Fsp3) is 0.125. The smallest absolute Gasteiger partial charge is 0.356 e. The molecule has 3 aromatic rings. The molecule has 1 amide bonds. The van der Waals surface area contributed by atoms with Crippen LogP contribution in [-0.4, -0.2) is 33.6 Å². The van der Waals surface area contributed by atoms with E-state index in [-0.39, 0.29) is 33.6 Å². The number of ether oxygens (including phenoxy) is 1. The standard InChI is InChI=1S/C16H11Cl2FN4O3/c1-26-16(25)13-5-12(22-14-10(18)7-21-23(13)14)15(24)20-6-8-2-3-11(19)9(17)4-8/h2-5,7H,6H2,1H3,(H,20,24). The zero-order chi connectivity index (χ0) is 18.8. The average Bonchev–Trinajstić information content (AvgIpc) is 3.02. The van der Waals surface area contributed by atoms with Gasteiger partial charge in [-0.15, -0.1) is 0 Å². The number of carbonyl (C=O) groups is 2. The zero-order valence-corrected chi connectivity index (χ0v) is 14.8. The van der Waals surface area contributed by atoms with Crippen LogP contribution in [0.3, 0.4) is 0 Å².